The van der Waals surface area contributed by atoms with Gasteiger partial charge in [0.1, 0.15) is 12.4 Å². The highest BCUT2D eigenvalue weighted by molar-refractivity contribution is 6.26. The highest BCUT2D eigenvalue weighted by Crippen LogP contribution is 2.31. The van der Waals surface area contributed by atoms with Crippen molar-refractivity contribution < 1.29 is 18.7 Å². The molecule has 0 bridgehead atoms. The molecule has 1 aliphatic rings. The van der Waals surface area contributed by atoms with Crippen LogP contribution in [0, 0.1) is 12.3 Å². The molecule has 0 N–H and O–H groups in total. The fourth-order valence-corrected chi connectivity index (χ4v) is 2.70. The lowest BCUT2D eigenvalue weighted by atomic mass is 9.91. The molecule has 2 aromatic carbocycles. The summed E-state index contributed by atoms with van der Waals surface area (Å²) in [5.74, 6) is 2.54. The predicted molar refractivity (Wildman–Crippen MR) is 89.6 cm³/mol. The Morgan fingerprint density at radius 1 is 1.00 bits per heavy atom. The molecule has 1 heterocycles. The van der Waals surface area contributed by atoms with Gasteiger partial charge >= 0.3 is 0 Å². The van der Waals surface area contributed by atoms with Crippen LogP contribution >= 0.6 is 0 Å². The summed E-state index contributed by atoms with van der Waals surface area (Å²) >= 11 is 0. The highest BCUT2D eigenvalue weighted by atomic mass is 16.5. The van der Waals surface area contributed by atoms with Gasteiger partial charge in [-0.05, 0) is 24.3 Å². The molecular weight excluding hydrogens is 318 g/mol. The fraction of sp³-hybridized carbons (Fsp3) is 0.0500. The number of carbonyl (C=O) groups excluding carboxylic acids is 2. The quantitative estimate of drug-likeness (QED) is 0.540. The van der Waals surface area contributed by atoms with Crippen LogP contribution in [0.15, 0.2) is 52.9 Å². The van der Waals surface area contributed by atoms with Gasteiger partial charge in [0.25, 0.3) is 0 Å². The molecule has 0 atom stereocenters. The third-order valence-electron chi connectivity index (χ3n) is 3.89. The second-order valence-electron chi connectivity index (χ2n) is 5.42. The summed E-state index contributed by atoms with van der Waals surface area (Å²) < 4.78 is 10.9. The number of aromatic nitrogens is 1. The van der Waals surface area contributed by atoms with Crippen molar-refractivity contribution in [1.29, 1.82) is 0 Å². The van der Waals surface area contributed by atoms with E-state index in [-0.39, 0.29) is 35.5 Å². The Kier molecular flexibility index (Phi) is 3.44. The number of nitrogens with zero attached hydrogens (tertiary/aromatic N) is 1. The van der Waals surface area contributed by atoms with Crippen LogP contribution in [0.4, 0.5) is 0 Å². The molecule has 0 saturated carbocycles. The predicted octanol–water partition coefficient (Wildman–Crippen LogP) is 3.13. The van der Waals surface area contributed by atoms with Gasteiger partial charge in [0, 0.05) is 16.7 Å². The standard InChI is InChI=1S/C20H11NO4/c1-2-11-24-13-9-7-12(8-10-13)20-21-16-17(22)14-5-3-4-6-15(14)18(23)19(16)25-20/h1,3-10H,11H2. The van der Waals surface area contributed by atoms with Crippen molar-refractivity contribution >= 4 is 11.6 Å². The van der Waals surface area contributed by atoms with Crippen LogP contribution in [0.25, 0.3) is 11.5 Å². The summed E-state index contributed by atoms with van der Waals surface area (Å²) in [6.07, 6.45) is 5.15. The molecule has 0 saturated heterocycles. The first-order chi connectivity index (χ1) is 12.2. The van der Waals surface area contributed by atoms with Gasteiger partial charge in [0.15, 0.2) is 5.69 Å². The smallest absolute Gasteiger partial charge is 0.231 e. The third kappa shape index (κ3) is 2.41. The lowest BCUT2D eigenvalue weighted by Crippen LogP contribution is -2.19. The zero-order valence-electron chi connectivity index (χ0n) is 13.0. The first-order valence-corrected chi connectivity index (χ1v) is 7.55. The molecule has 25 heavy (non-hydrogen) atoms. The second-order valence-corrected chi connectivity index (χ2v) is 5.42. The number of hydrogen-bond donors (Lipinski definition) is 0. The Bertz CT molecular complexity index is 986. The van der Waals surface area contributed by atoms with Crippen molar-refractivity contribution in [3.63, 3.8) is 0 Å². The molecule has 5 nitrogen and oxygen atoms in total. The van der Waals surface area contributed by atoms with E-state index in [0.29, 0.717) is 22.4 Å². The summed E-state index contributed by atoms with van der Waals surface area (Å²) in [5, 5.41) is 0. The maximum absolute atomic E-state index is 12.6. The number of terminal acetylenes is 1. The molecule has 0 unspecified atom stereocenters. The zero-order chi connectivity index (χ0) is 17.4. The normalized spacial score (nSPS) is 12.3. The lowest BCUT2D eigenvalue weighted by molar-refractivity contribution is 0.0959. The molecule has 4 rings (SSSR count). The summed E-state index contributed by atoms with van der Waals surface area (Å²) in [6, 6.07) is 13.5. The van der Waals surface area contributed by atoms with Crippen LogP contribution in [0.5, 0.6) is 5.75 Å². The van der Waals surface area contributed by atoms with Gasteiger partial charge in [0.05, 0.1) is 0 Å². The molecule has 1 aliphatic carbocycles. The van der Waals surface area contributed by atoms with E-state index in [1.807, 2.05) is 0 Å². The summed E-state index contributed by atoms with van der Waals surface area (Å²) in [4.78, 5) is 29.3. The monoisotopic (exact) mass is 329 g/mol. The highest BCUT2D eigenvalue weighted by Gasteiger charge is 2.35. The molecule has 0 fully saturated rings. The first-order valence-electron chi connectivity index (χ1n) is 7.55. The molecule has 120 valence electrons. The number of ketones is 2. The van der Waals surface area contributed by atoms with E-state index in [1.165, 1.54) is 0 Å². The molecule has 0 spiro atoms. The lowest BCUT2D eigenvalue weighted by Gasteiger charge is -2.10. The summed E-state index contributed by atoms with van der Waals surface area (Å²) in [7, 11) is 0. The molecule has 3 aromatic rings. The Balaban J connectivity index is 1.72. The van der Waals surface area contributed by atoms with Crippen molar-refractivity contribution in [2.75, 3.05) is 6.61 Å². The minimum Gasteiger partial charge on any atom is -0.481 e. The average Bonchev–Trinajstić information content (AvgIpc) is 3.11. The summed E-state index contributed by atoms with van der Waals surface area (Å²) in [5.41, 5.74) is 1.36. The van der Waals surface area contributed by atoms with Gasteiger partial charge < -0.3 is 9.15 Å². The third-order valence-corrected chi connectivity index (χ3v) is 3.89. The molecule has 0 amide bonds. The van der Waals surface area contributed by atoms with Crippen LogP contribution in [0.3, 0.4) is 0 Å². The number of hydrogen-bond acceptors (Lipinski definition) is 5. The van der Waals surface area contributed by atoms with Crippen LogP contribution < -0.4 is 4.74 Å². The van der Waals surface area contributed by atoms with Gasteiger partial charge in [-0.1, -0.05) is 30.2 Å². The zero-order valence-corrected chi connectivity index (χ0v) is 13.0. The maximum atomic E-state index is 12.6. The van der Waals surface area contributed by atoms with Crippen LogP contribution in [-0.2, 0) is 0 Å². The minimum atomic E-state index is -0.335. The molecule has 0 radical (unpaired) electrons. The van der Waals surface area contributed by atoms with Gasteiger partial charge in [-0.3, -0.25) is 9.59 Å². The Hall–Kier alpha value is -3.65. The van der Waals surface area contributed by atoms with E-state index in [1.54, 1.807) is 48.5 Å². The Morgan fingerprint density at radius 2 is 1.68 bits per heavy atom. The van der Waals surface area contributed by atoms with Crippen molar-refractivity contribution in [1.82, 2.24) is 4.98 Å². The Morgan fingerprint density at radius 3 is 2.36 bits per heavy atom. The van der Waals surface area contributed by atoms with E-state index < -0.39 is 0 Å². The van der Waals surface area contributed by atoms with E-state index in [4.69, 9.17) is 15.6 Å². The van der Waals surface area contributed by atoms with Crippen molar-refractivity contribution in [3.8, 4) is 29.5 Å². The average molecular weight is 329 g/mol. The van der Waals surface area contributed by atoms with Gasteiger partial charge in [-0.15, -0.1) is 6.42 Å². The first kappa shape index (κ1) is 14.9. The number of benzene rings is 2. The minimum absolute atomic E-state index is 0.0219. The largest absolute Gasteiger partial charge is 0.481 e. The van der Waals surface area contributed by atoms with E-state index in [0.717, 1.165) is 0 Å². The van der Waals surface area contributed by atoms with Crippen molar-refractivity contribution in [2.45, 2.75) is 0 Å². The van der Waals surface area contributed by atoms with Gasteiger partial charge in [-0.25, -0.2) is 4.98 Å². The molecule has 5 heteroatoms. The van der Waals surface area contributed by atoms with E-state index in [9.17, 15) is 9.59 Å². The number of carbonyl (C=O) groups is 2. The summed E-state index contributed by atoms with van der Waals surface area (Å²) in [6.45, 7) is 0.175. The van der Waals surface area contributed by atoms with Gasteiger partial charge in [-0.2, -0.15) is 0 Å². The van der Waals surface area contributed by atoms with Crippen molar-refractivity contribution in [3.05, 3.63) is 71.1 Å². The van der Waals surface area contributed by atoms with Gasteiger partial charge in [0.2, 0.25) is 23.2 Å². The fourth-order valence-electron chi connectivity index (χ4n) is 2.70. The Labute approximate surface area is 143 Å². The van der Waals surface area contributed by atoms with Crippen LogP contribution in [0.1, 0.15) is 32.2 Å². The van der Waals surface area contributed by atoms with E-state index >= 15 is 0 Å². The van der Waals surface area contributed by atoms with Crippen LogP contribution in [0.2, 0.25) is 0 Å². The molecule has 0 aliphatic heterocycles. The second kappa shape index (κ2) is 5.77. The maximum Gasteiger partial charge on any atom is 0.231 e. The van der Waals surface area contributed by atoms with Crippen LogP contribution in [-0.4, -0.2) is 23.2 Å². The van der Waals surface area contributed by atoms with Crippen molar-refractivity contribution in [2.24, 2.45) is 0 Å². The topological polar surface area (TPSA) is 69.4 Å². The number of oxazole rings is 1. The molecule has 1 aromatic heterocycles. The number of rotatable bonds is 3. The number of fused-ring (bicyclic) bond motifs is 2. The number of ether oxygens (including phenoxy) is 1. The molecular formula is C20H11NO4. The SMILES string of the molecule is C#CCOc1ccc(-c2nc3c(o2)C(=O)c2ccccc2C3=O)cc1. The van der Waals surface area contributed by atoms with E-state index in [2.05, 4.69) is 10.9 Å².